The molecule has 1 aliphatic rings. The summed E-state index contributed by atoms with van der Waals surface area (Å²) in [7, 11) is 0. The summed E-state index contributed by atoms with van der Waals surface area (Å²) in [5.74, 6) is 2.82. The van der Waals surface area contributed by atoms with Gasteiger partial charge in [0.05, 0.1) is 0 Å². The number of rotatable bonds is 20. The van der Waals surface area contributed by atoms with Crippen LogP contribution in [0.1, 0.15) is 86.0 Å². The van der Waals surface area contributed by atoms with Crippen molar-refractivity contribution < 1.29 is 29.1 Å². The van der Waals surface area contributed by atoms with Crippen molar-refractivity contribution in [1.82, 2.24) is 31.2 Å². The lowest BCUT2D eigenvalue weighted by atomic mass is 10.0. The zero-order valence-corrected chi connectivity index (χ0v) is 27.0. The van der Waals surface area contributed by atoms with Crippen molar-refractivity contribution in [2.75, 3.05) is 26.2 Å². The molecule has 0 aromatic heterocycles. The number of hydrazine groups is 1. The topological polar surface area (TPSA) is 236 Å². The summed E-state index contributed by atoms with van der Waals surface area (Å²) in [6, 6.07) is -3.46. The predicted molar refractivity (Wildman–Crippen MR) is 167 cm³/mol. The largest absolute Gasteiger partial charge is 0.480 e. The maximum Gasteiger partial charge on any atom is 0.322 e. The summed E-state index contributed by atoms with van der Waals surface area (Å²) in [4.78, 5) is 65.9. The molecule has 0 bridgehead atoms. The highest BCUT2D eigenvalue weighted by atomic mass is 16.4. The maximum absolute atomic E-state index is 13.9. The minimum Gasteiger partial charge on any atom is -0.480 e. The van der Waals surface area contributed by atoms with Crippen LogP contribution in [-0.4, -0.2) is 101 Å². The summed E-state index contributed by atoms with van der Waals surface area (Å²) in [6.07, 6.45) is 4.89. The van der Waals surface area contributed by atoms with Gasteiger partial charge in [0.2, 0.25) is 23.6 Å². The Morgan fingerprint density at radius 2 is 1.70 bits per heavy atom. The molecule has 0 aromatic carbocycles. The highest BCUT2D eigenvalue weighted by Crippen LogP contribution is 2.21. The molecule has 1 saturated heterocycles. The van der Waals surface area contributed by atoms with Gasteiger partial charge in [-0.2, -0.15) is 0 Å². The number of nitrogens with two attached hydrogens (primary N) is 2. The second-order valence-electron chi connectivity index (χ2n) is 12.2. The number of nitrogens with zero attached hydrogens (tertiary/aromatic N) is 2. The molecule has 0 aliphatic carbocycles. The Labute approximate surface area is 261 Å². The van der Waals surface area contributed by atoms with E-state index in [2.05, 4.69) is 28.2 Å². The van der Waals surface area contributed by atoms with Crippen LogP contribution in [0.4, 0.5) is 0 Å². The van der Waals surface area contributed by atoms with Gasteiger partial charge in [-0.15, -0.1) is 0 Å². The lowest BCUT2D eigenvalue weighted by Gasteiger charge is -2.33. The number of nitrogens with one attached hydrogen (secondary N) is 5. The fourth-order valence-electron chi connectivity index (χ4n) is 5.15. The number of aliphatic carboxylic acids is 1. The summed E-state index contributed by atoms with van der Waals surface area (Å²) in [5.41, 5.74) is 5.39. The summed E-state index contributed by atoms with van der Waals surface area (Å²) in [5, 5.41) is 28.4. The molecule has 4 atom stereocenters. The number of guanidine groups is 1. The van der Waals surface area contributed by atoms with Gasteiger partial charge in [0.25, 0.3) is 0 Å². The smallest absolute Gasteiger partial charge is 0.322 e. The third kappa shape index (κ3) is 13.5. The minimum absolute atomic E-state index is 0.171. The molecule has 1 heterocycles. The average molecular weight is 626 g/mol. The van der Waals surface area contributed by atoms with Crippen molar-refractivity contribution in [3.63, 3.8) is 0 Å². The lowest BCUT2D eigenvalue weighted by molar-refractivity contribution is -0.143. The molecular formula is C29H55N9O6. The number of carboxylic acid groups (broad SMARTS) is 1. The Balaban J connectivity index is 3.15. The first-order valence-corrected chi connectivity index (χ1v) is 15.7. The van der Waals surface area contributed by atoms with Crippen LogP contribution in [0, 0.1) is 17.2 Å². The van der Waals surface area contributed by atoms with Gasteiger partial charge >= 0.3 is 5.97 Å². The Bertz CT molecular complexity index is 977. The summed E-state index contributed by atoms with van der Waals surface area (Å²) >= 11 is 0. The van der Waals surface area contributed by atoms with Gasteiger partial charge < -0.3 is 37.0 Å². The number of carbonyl (C=O) groups is 5. The van der Waals surface area contributed by atoms with Crippen molar-refractivity contribution in [2.24, 2.45) is 23.4 Å². The van der Waals surface area contributed by atoms with Crippen LogP contribution >= 0.6 is 0 Å². The van der Waals surface area contributed by atoms with Crippen molar-refractivity contribution >= 4 is 35.6 Å². The third-order valence-corrected chi connectivity index (χ3v) is 7.52. The zero-order chi connectivity index (χ0) is 33.4. The fourth-order valence-corrected chi connectivity index (χ4v) is 5.15. The molecule has 0 radical (unpaired) electrons. The molecule has 1 fully saturated rings. The van der Waals surface area contributed by atoms with E-state index in [0.717, 1.165) is 19.3 Å². The molecule has 10 N–H and O–H groups in total. The minimum atomic E-state index is -1.21. The monoisotopic (exact) mass is 625 g/mol. The van der Waals surface area contributed by atoms with Crippen LogP contribution in [0.5, 0.6) is 0 Å². The number of hydrogen-bond donors (Lipinski definition) is 8. The van der Waals surface area contributed by atoms with Crippen molar-refractivity contribution in [3.8, 4) is 0 Å². The van der Waals surface area contributed by atoms with E-state index in [9.17, 15) is 24.0 Å². The highest BCUT2D eigenvalue weighted by Gasteiger charge is 2.40. The van der Waals surface area contributed by atoms with Gasteiger partial charge in [-0.3, -0.25) is 35.2 Å². The molecule has 1 rings (SSSR count). The second-order valence-corrected chi connectivity index (χ2v) is 12.2. The molecule has 4 amide bonds. The van der Waals surface area contributed by atoms with Crippen molar-refractivity contribution in [2.45, 2.75) is 110 Å². The lowest BCUT2D eigenvalue weighted by Crippen LogP contribution is -2.59. The van der Waals surface area contributed by atoms with Crippen molar-refractivity contribution in [1.29, 1.82) is 5.41 Å². The van der Waals surface area contributed by atoms with E-state index in [4.69, 9.17) is 22.1 Å². The normalized spacial score (nSPS) is 16.8. The number of hydrogen-bond acceptors (Lipinski definition) is 8. The first-order chi connectivity index (χ1) is 20.7. The van der Waals surface area contributed by atoms with E-state index >= 15 is 0 Å². The summed E-state index contributed by atoms with van der Waals surface area (Å²) < 4.78 is 0. The summed E-state index contributed by atoms with van der Waals surface area (Å²) in [6.45, 7) is 10.1. The van der Waals surface area contributed by atoms with Crippen LogP contribution in [0.15, 0.2) is 0 Å². The van der Waals surface area contributed by atoms with Crippen molar-refractivity contribution in [3.05, 3.63) is 0 Å². The van der Waals surface area contributed by atoms with E-state index < -0.39 is 54.4 Å². The Hall–Kier alpha value is -3.46. The van der Waals surface area contributed by atoms with Gasteiger partial charge in [0.15, 0.2) is 5.96 Å². The zero-order valence-electron chi connectivity index (χ0n) is 27.0. The van der Waals surface area contributed by atoms with E-state index in [1.54, 1.807) is 13.8 Å². The molecule has 0 spiro atoms. The second kappa shape index (κ2) is 19.7. The first-order valence-electron chi connectivity index (χ1n) is 15.7. The molecule has 1 aliphatic heterocycles. The molecule has 15 nitrogen and oxygen atoms in total. The molecule has 3 unspecified atom stereocenters. The van der Waals surface area contributed by atoms with Crippen LogP contribution in [0.25, 0.3) is 0 Å². The van der Waals surface area contributed by atoms with Gasteiger partial charge in [0, 0.05) is 19.6 Å². The quantitative estimate of drug-likeness (QED) is 0.0293. The molecule has 0 saturated carbocycles. The third-order valence-electron chi connectivity index (χ3n) is 7.52. The fraction of sp³-hybridized carbons (Fsp3) is 0.793. The van der Waals surface area contributed by atoms with Gasteiger partial charge in [0.1, 0.15) is 30.7 Å². The van der Waals surface area contributed by atoms with Gasteiger partial charge in [-0.05, 0) is 50.4 Å². The molecule has 252 valence electrons. The van der Waals surface area contributed by atoms with Crippen LogP contribution < -0.4 is 32.8 Å². The number of carboxylic acids is 1. The Kier molecular flexibility index (Phi) is 17.3. The number of unbranched alkanes of at least 4 members (excludes halogenated alkanes) is 2. The Morgan fingerprint density at radius 3 is 2.27 bits per heavy atom. The maximum atomic E-state index is 13.9. The van der Waals surface area contributed by atoms with Crippen LogP contribution in [0.2, 0.25) is 0 Å². The molecular weight excluding hydrogens is 570 g/mol. The van der Waals surface area contributed by atoms with Crippen LogP contribution in [0.3, 0.4) is 0 Å². The van der Waals surface area contributed by atoms with E-state index in [-0.39, 0.29) is 30.1 Å². The molecule has 0 aromatic rings. The van der Waals surface area contributed by atoms with Crippen LogP contribution in [-0.2, 0) is 24.0 Å². The SMILES string of the molecule is CCCCCN(N)C(CC(C)C)C(=O)NC(CCCNC(=N)N)C(=O)N1CCC[C@H]1C(=O)NC(C(=O)NCC(=O)O)C(C)C. The van der Waals surface area contributed by atoms with E-state index in [0.29, 0.717) is 45.3 Å². The molecule has 15 heteroatoms. The number of carbonyl (C=O) groups excluding carboxylic acids is 4. The van der Waals surface area contributed by atoms with Gasteiger partial charge in [-0.25, -0.2) is 5.01 Å². The standard InChI is InChI=1S/C29H55N9O6/c1-6-7-8-15-38(32)22(16-18(2)3)26(42)35-20(11-9-13-33-29(30)31)28(44)37-14-10-12-21(37)25(41)36-24(19(4)5)27(43)34-17-23(39)40/h18-22,24H,6-17,32H2,1-5H3,(H,34,43)(H,35,42)(H,36,41)(H,39,40)(H4,30,31,33)/t20?,21-,22?,24?/m0/s1. The Morgan fingerprint density at radius 1 is 1.02 bits per heavy atom. The van der Waals surface area contributed by atoms with E-state index in [1.165, 1.54) is 9.91 Å². The number of amides is 4. The number of likely N-dealkylation sites (tertiary alicyclic amines) is 1. The van der Waals surface area contributed by atoms with Gasteiger partial charge in [-0.1, -0.05) is 47.5 Å². The average Bonchev–Trinajstić information content (AvgIpc) is 3.44. The first kappa shape index (κ1) is 38.6. The highest BCUT2D eigenvalue weighted by molar-refractivity contribution is 5.95. The molecule has 44 heavy (non-hydrogen) atoms. The van der Waals surface area contributed by atoms with E-state index in [1.807, 2.05) is 13.8 Å². The predicted octanol–water partition coefficient (Wildman–Crippen LogP) is -0.152.